The van der Waals surface area contributed by atoms with Gasteiger partial charge in [-0.25, -0.2) is 9.59 Å². The van der Waals surface area contributed by atoms with E-state index in [1.54, 1.807) is 17.2 Å². The number of carbonyl (C=O) groups is 1. The highest BCUT2D eigenvalue weighted by Crippen LogP contribution is 2.57. The zero-order valence-corrected chi connectivity index (χ0v) is 17.6. The fourth-order valence-electron chi connectivity index (χ4n) is 4.89. The van der Waals surface area contributed by atoms with E-state index in [0.29, 0.717) is 18.5 Å². The SMILES string of the molecule is NCC12CC1CN(Cc1ccc(-n3ccc(NC(=O)N4CCNCC4)nc3=O)cc1)C2. The molecule has 3 heterocycles. The predicted octanol–water partition coefficient (Wildman–Crippen LogP) is 0.450. The lowest BCUT2D eigenvalue weighted by atomic mass is 10.1. The molecule has 2 amide bonds. The first-order chi connectivity index (χ1) is 15.1. The first-order valence-electron chi connectivity index (χ1n) is 10.9. The van der Waals surface area contributed by atoms with Crippen LogP contribution in [0.25, 0.3) is 5.69 Å². The topological polar surface area (TPSA) is 109 Å². The lowest BCUT2D eigenvalue weighted by Gasteiger charge is -2.27. The van der Waals surface area contributed by atoms with Crippen LogP contribution in [0.3, 0.4) is 0 Å². The number of benzene rings is 1. The molecular formula is C22H29N7O2. The van der Waals surface area contributed by atoms with Crippen molar-refractivity contribution in [3.63, 3.8) is 0 Å². The van der Waals surface area contributed by atoms with E-state index in [1.807, 2.05) is 12.1 Å². The number of nitrogens with zero attached hydrogens (tertiary/aromatic N) is 4. The number of aromatic nitrogens is 2. The summed E-state index contributed by atoms with van der Waals surface area (Å²) >= 11 is 0. The minimum absolute atomic E-state index is 0.230. The van der Waals surface area contributed by atoms with Gasteiger partial charge in [-0.05, 0) is 48.1 Å². The molecule has 4 N–H and O–H groups in total. The first-order valence-corrected chi connectivity index (χ1v) is 10.9. The summed E-state index contributed by atoms with van der Waals surface area (Å²) < 4.78 is 1.48. The minimum Gasteiger partial charge on any atom is -0.330 e. The molecule has 9 heteroatoms. The van der Waals surface area contributed by atoms with Crippen LogP contribution < -0.4 is 22.1 Å². The third-order valence-electron chi connectivity index (χ3n) is 6.85. The van der Waals surface area contributed by atoms with Crippen LogP contribution in [-0.2, 0) is 6.54 Å². The Morgan fingerprint density at radius 2 is 2.00 bits per heavy atom. The van der Waals surface area contributed by atoms with Crippen LogP contribution in [0.1, 0.15) is 12.0 Å². The predicted molar refractivity (Wildman–Crippen MR) is 118 cm³/mol. The summed E-state index contributed by atoms with van der Waals surface area (Å²) in [6, 6.07) is 9.41. The molecule has 9 nitrogen and oxygen atoms in total. The standard InChI is InChI=1S/C22H29N7O2/c23-14-22-11-17(22)13-27(15-22)12-16-1-3-18(4-2-16)29-8-5-19(26-21(29)31)25-20(30)28-9-6-24-7-10-28/h1-5,8,17,24H,6-7,9-15,23H2,(H,25,26,30,31). The van der Waals surface area contributed by atoms with E-state index in [-0.39, 0.29) is 11.8 Å². The molecule has 2 aromatic rings. The quantitative estimate of drug-likeness (QED) is 0.644. The highest BCUT2D eigenvalue weighted by Gasteiger charge is 2.58. The van der Waals surface area contributed by atoms with Gasteiger partial charge in [-0.1, -0.05) is 12.1 Å². The van der Waals surface area contributed by atoms with Crippen LogP contribution in [0.15, 0.2) is 41.3 Å². The van der Waals surface area contributed by atoms with Crippen molar-refractivity contribution in [2.75, 3.05) is 51.1 Å². The van der Waals surface area contributed by atoms with Gasteiger partial charge in [0.1, 0.15) is 5.82 Å². The summed E-state index contributed by atoms with van der Waals surface area (Å²) in [7, 11) is 0. The smallest absolute Gasteiger partial charge is 0.330 e. The maximum Gasteiger partial charge on any atom is 0.354 e. The molecule has 2 saturated heterocycles. The molecule has 1 aromatic heterocycles. The molecule has 0 spiro atoms. The number of amides is 2. The van der Waals surface area contributed by atoms with Gasteiger partial charge in [-0.15, -0.1) is 0 Å². The number of urea groups is 1. The lowest BCUT2D eigenvalue weighted by Crippen LogP contribution is -2.48. The third-order valence-corrected chi connectivity index (χ3v) is 6.85. The van der Waals surface area contributed by atoms with Gasteiger partial charge in [0, 0.05) is 52.0 Å². The molecule has 0 bridgehead atoms. The number of nitrogens with one attached hydrogen (secondary N) is 2. The number of nitrogens with two attached hydrogens (primary N) is 1. The highest BCUT2D eigenvalue weighted by molar-refractivity contribution is 5.88. The zero-order chi connectivity index (χ0) is 21.4. The Labute approximate surface area is 181 Å². The fraction of sp³-hybridized carbons (Fsp3) is 0.500. The van der Waals surface area contributed by atoms with Crippen LogP contribution in [0, 0.1) is 11.3 Å². The number of rotatable bonds is 5. The van der Waals surface area contributed by atoms with E-state index in [2.05, 4.69) is 32.7 Å². The fourth-order valence-corrected chi connectivity index (χ4v) is 4.89. The summed E-state index contributed by atoms with van der Waals surface area (Å²) in [6.07, 6.45) is 2.93. The molecule has 31 heavy (non-hydrogen) atoms. The second kappa shape index (κ2) is 8.07. The van der Waals surface area contributed by atoms with E-state index < -0.39 is 5.69 Å². The second-order valence-corrected chi connectivity index (χ2v) is 8.94. The Balaban J connectivity index is 1.22. The second-order valence-electron chi connectivity index (χ2n) is 8.94. The Morgan fingerprint density at radius 1 is 1.23 bits per heavy atom. The van der Waals surface area contributed by atoms with Crippen molar-refractivity contribution in [3.05, 3.63) is 52.6 Å². The largest absolute Gasteiger partial charge is 0.354 e. The molecule has 2 unspecified atom stereocenters. The molecule has 1 aromatic carbocycles. The number of piperazine rings is 1. The van der Waals surface area contributed by atoms with Crippen LogP contribution in [0.5, 0.6) is 0 Å². The molecule has 3 fully saturated rings. The lowest BCUT2D eigenvalue weighted by molar-refractivity contribution is 0.204. The van der Waals surface area contributed by atoms with Crippen molar-refractivity contribution in [3.8, 4) is 5.69 Å². The van der Waals surface area contributed by atoms with E-state index >= 15 is 0 Å². The highest BCUT2D eigenvalue weighted by atomic mass is 16.2. The third kappa shape index (κ3) is 4.08. The Kier molecular flexibility index (Phi) is 5.25. The number of anilines is 1. The van der Waals surface area contributed by atoms with Gasteiger partial charge in [0.2, 0.25) is 0 Å². The van der Waals surface area contributed by atoms with Gasteiger partial charge >= 0.3 is 11.7 Å². The van der Waals surface area contributed by atoms with Crippen molar-refractivity contribution < 1.29 is 4.79 Å². The summed E-state index contributed by atoms with van der Waals surface area (Å²) in [5.74, 6) is 1.04. The van der Waals surface area contributed by atoms with Gasteiger partial charge in [-0.3, -0.25) is 14.8 Å². The summed E-state index contributed by atoms with van der Waals surface area (Å²) in [6.45, 7) is 6.72. The van der Waals surface area contributed by atoms with Crippen LogP contribution >= 0.6 is 0 Å². The molecule has 1 aliphatic carbocycles. The van der Waals surface area contributed by atoms with Gasteiger partial charge in [0.15, 0.2) is 0 Å². The number of fused-ring (bicyclic) bond motifs is 1. The van der Waals surface area contributed by atoms with E-state index in [0.717, 1.165) is 50.9 Å². The van der Waals surface area contributed by atoms with Crippen LogP contribution in [0.4, 0.5) is 10.6 Å². The van der Waals surface area contributed by atoms with Gasteiger partial charge in [-0.2, -0.15) is 4.98 Å². The molecular weight excluding hydrogens is 394 g/mol. The van der Waals surface area contributed by atoms with Crippen molar-refractivity contribution in [1.29, 1.82) is 0 Å². The monoisotopic (exact) mass is 423 g/mol. The molecule has 5 rings (SSSR count). The Morgan fingerprint density at radius 3 is 2.68 bits per heavy atom. The molecule has 0 radical (unpaired) electrons. The molecule has 164 valence electrons. The van der Waals surface area contributed by atoms with Gasteiger partial charge in [0.05, 0.1) is 5.69 Å². The average Bonchev–Trinajstić information content (AvgIpc) is 3.36. The van der Waals surface area contributed by atoms with Crippen molar-refractivity contribution >= 4 is 11.8 Å². The van der Waals surface area contributed by atoms with Crippen molar-refractivity contribution in [2.24, 2.45) is 17.1 Å². The molecule has 2 aliphatic heterocycles. The van der Waals surface area contributed by atoms with Gasteiger partial charge < -0.3 is 16.0 Å². The minimum atomic E-state index is -0.421. The number of likely N-dealkylation sites (tertiary alicyclic amines) is 1. The van der Waals surface area contributed by atoms with Crippen LogP contribution in [-0.4, -0.2) is 71.2 Å². The normalized spacial score (nSPS) is 25.3. The van der Waals surface area contributed by atoms with Crippen molar-refractivity contribution in [2.45, 2.75) is 13.0 Å². The molecule has 1 saturated carbocycles. The summed E-state index contributed by atoms with van der Waals surface area (Å²) in [5, 5.41) is 5.92. The summed E-state index contributed by atoms with van der Waals surface area (Å²) in [4.78, 5) is 33.0. The van der Waals surface area contributed by atoms with E-state index in [4.69, 9.17) is 5.73 Å². The molecule has 2 atom stereocenters. The first kappa shape index (κ1) is 20.2. The van der Waals surface area contributed by atoms with Gasteiger partial charge in [0.25, 0.3) is 0 Å². The number of hydrogen-bond donors (Lipinski definition) is 3. The maximum absolute atomic E-state index is 12.5. The molecule has 3 aliphatic rings. The zero-order valence-electron chi connectivity index (χ0n) is 17.6. The number of carbonyl (C=O) groups excluding carboxylic acids is 1. The number of hydrogen-bond acceptors (Lipinski definition) is 6. The maximum atomic E-state index is 12.5. The number of piperidine rings is 1. The Hall–Kier alpha value is -2.75. The van der Waals surface area contributed by atoms with Crippen molar-refractivity contribution in [1.82, 2.24) is 24.7 Å². The van der Waals surface area contributed by atoms with E-state index in [1.165, 1.54) is 16.6 Å². The van der Waals surface area contributed by atoms with Crippen LogP contribution in [0.2, 0.25) is 0 Å². The summed E-state index contributed by atoms with van der Waals surface area (Å²) in [5.41, 5.74) is 7.88. The average molecular weight is 424 g/mol. The Bertz CT molecular complexity index is 1010. The van der Waals surface area contributed by atoms with E-state index in [9.17, 15) is 9.59 Å².